The minimum atomic E-state index is -1.06. The second-order valence-corrected chi connectivity index (χ2v) is 4.42. The van der Waals surface area contributed by atoms with Crippen molar-refractivity contribution >= 4 is 11.9 Å². The first-order valence-electron chi connectivity index (χ1n) is 5.39. The van der Waals surface area contributed by atoms with Crippen LogP contribution in [0.3, 0.4) is 0 Å². The van der Waals surface area contributed by atoms with Crippen LogP contribution in [0.1, 0.15) is 20.8 Å². The van der Waals surface area contributed by atoms with Crippen LogP contribution in [0.4, 0.5) is 0 Å². The van der Waals surface area contributed by atoms with Gasteiger partial charge in [0, 0.05) is 6.08 Å². The predicted molar refractivity (Wildman–Crippen MR) is 56.4 cm³/mol. The normalized spacial score (nSPS) is 36.7. The molecule has 0 unspecified atom stereocenters. The second-order valence-electron chi connectivity index (χ2n) is 4.42. The van der Waals surface area contributed by atoms with E-state index in [1.807, 2.05) is 6.92 Å². The fraction of sp³-hybridized carbons (Fsp3) is 0.636. The maximum atomic E-state index is 11.9. The first-order chi connectivity index (χ1) is 7.90. The fourth-order valence-corrected chi connectivity index (χ4v) is 1.98. The van der Waals surface area contributed by atoms with Gasteiger partial charge in [0.25, 0.3) is 0 Å². The van der Waals surface area contributed by atoms with E-state index in [1.165, 1.54) is 18.2 Å². The van der Waals surface area contributed by atoms with E-state index < -0.39 is 17.5 Å². The Bertz CT molecular complexity index is 405. The van der Waals surface area contributed by atoms with Crippen LogP contribution in [0, 0.1) is 0 Å². The number of cyclic esters (lactones) is 1. The van der Waals surface area contributed by atoms with Gasteiger partial charge in [-0.2, -0.15) is 0 Å². The first kappa shape index (κ1) is 11.9. The molecule has 17 heavy (non-hydrogen) atoms. The summed E-state index contributed by atoms with van der Waals surface area (Å²) in [5.74, 6) is -1.01. The quantitative estimate of drug-likeness (QED) is 0.618. The number of morpholine rings is 1. The molecule has 2 aliphatic rings. The van der Waals surface area contributed by atoms with Gasteiger partial charge in [-0.1, -0.05) is 0 Å². The smallest absolute Gasteiger partial charge is 0.375 e. The highest BCUT2D eigenvalue weighted by atomic mass is 16.7. The first-order valence-corrected chi connectivity index (χ1v) is 5.39. The van der Waals surface area contributed by atoms with Crippen LogP contribution < -0.4 is 0 Å². The number of methoxy groups -OCH3 is 1. The topological polar surface area (TPSA) is 65.1 Å². The zero-order valence-corrected chi connectivity index (χ0v) is 10.2. The van der Waals surface area contributed by atoms with Crippen molar-refractivity contribution in [3.8, 4) is 0 Å². The van der Waals surface area contributed by atoms with Gasteiger partial charge in [0.05, 0.1) is 13.2 Å². The molecule has 0 aromatic rings. The number of esters is 2. The van der Waals surface area contributed by atoms with Gasteiger partial charge in [0.2, 0.25) is 5.76 Å². The number of carbonyl (C=O) groups is 2. The molecule has 0 aromatic heterocycles. The molecule has 0 aromatic carbocycles. The van der Waals surface area contributed by atoms with E-state index in [4.69, 9.17) is 9.57 Å². The average Bonchev–Trinajstić information content (AvgIpc) is 2.65. The van der Waals surface area contributed by atoms with Gasteiger partial charge in [0.15, 0.2) is 5.54 Å². The number of fused-ring (bicyclic) bond motifs is 1. The molecular formula is C11H15NO5. The largest absolute Gasteiger partial charge is 0.463 e. The molecule has 0 N–H and O–H groups in total. The number of rotatable bonds is 1. The lowest BCUT2D eigenvalue weighted by Gasteiger charge is -2.42. The van der Waals surface area contributed by atoms with Gasteiger partial charge >= 0.3 is 11.9 Å². The van der Waals surface area contributed by atoms with Crippen LogP contribution in [0.2, 0.25) is 0 Å². The number of hydrogen-bond donors (Lipinski definition) is 0. The van der Waals surface area contributed by atoms with Gasteiger partial charge in [-0.3, -0.25) is 0 Å². The minimum Gasteiger partial charge on any atom is -0.463 e. The third-order valence-electron chi connectivity index (χ3n) is 3.21. The maximum Gasteiger partial charge on any atom is 0.375 e. The summed E-state index contributed by atoms with van der Waals surface area (Å²) in [6, 6.07) is -0.142. The Morgan fingerprint density at radius 1 is 1.53 bits per heavy atom. The van der Waals surface area contributed by atoms with Crippen molar-refractivity contribution in [3.63, 3.8) is 0 Å². The van der Waals surface area contributed by atoms with E-state index in [0.29, 0.717) is 0 Å². The zero-order valence-electron chi connectivity index (χ0n) is 10.2. The summed E-state index contributed by atoms with van der Waals surface area (Å²) in [6.07, 6.45) is 1.14. The molecule has 0 saturated carbocycles. The summed E-state index contributed by atoms with van der Waals surface area (Å²) in [5, 5.41) is 1.48. The van der Waals surface area contributed by atoms with Crippen molar-refractivity contribution in [1.29, 1.82) is 0 Å². The molecule has 0 bridgehead atoms. The number of nitrogens with zero attached hydrogens (tertiary/aromatic N) is 1. The maximum absolute atomic E-state index is 11.9. The van der Waals surface area contributed by atoms with Crippen molar-refractivity contribution in [2.24, 2.45) is 0 Å². The summed E-state index contributed by atoms with van der Waals surface area (Å²) in [5.41, 5.74) is -1.06. The minimum absolute atomic E-state index is 0.0212. The lowest BCUT2D eigenvalue weighted by Crippen LogP contribution is -2.60. The molecule has 0 aliphatic carbocycles. The Kier molecular flexibility index (Phi) is 2.61. The van der Waals surface area contributed by atoms with E-state index in [-0.39, 0.29) is 17.9 Å². The lowest BCUT2D eigenvalue weighted by atomic mass is 9.96. The van der Waals surface area contributed by atoms with E-state index in [9.17, 15) is 9.59 Å². The van der Waals surface area contributed by atoms with Crippen molar-refractivity contribution < 1.29 is 23.9 Å². The Morgan fingerprint density at radius 2 is 2.18 bits per heavy atom. The molecule has 0 spiro atoms. The molecule has 0 radical (unpaired) electrons. The molecule has 1 fully saturated rings. The molecule has 3 atom stereocenters. The average molecular weight is 241 g/mol. The Labute approximate surface area is 99.1 Å². The number of carbonyl (C=O) groups excluding carboxylic acids is 2. The van der Waals surface area contributed by atoms with E-state index >= 15 is 0 Å². The van der Waals surface area contributed by atoms with Crippen LogP contribution >= 0.6 is 0 Å². The summed E-state index contributed by atoms with van der Waals surface area (Å²) < 4.78 is 9.79. The van der Waals surface area contributed by atoms with E-state index in [0.717, 1.165) is 0 Å². The van der Waals surface area contributed by atoms with Crippen molar-refractivity contribution in [2.75, 3.05) is 7.11 Å². The monoisotopic (exact) mass is 241 g/mol. The van der Waals surface area contributed by atoms with Crippen LogP contribution in [0.5, 0.6) is 0 Å². The third-order valence-corrected chi connectivity index (χ3v) is 3.21. The third kappa shape index (κ3) is 1.59. The van der Waals surface area contributed by atoms with Crippen molar-refractivity contribution in [3.05, 3.63) is 11.8 Å². The Morgan fingerprint density at radius 3 is 2.76 bits per heavy atom. The molecule has 6 heteroatoms. The standard InChI is InChI=1S/C11H15NO5/c1-6-7(2)16-10(14)11(3)5-8(9(13)15-4)17-12(6)11/h5-7H,1-4H3/t6-,7-,11-/m0/s1. The fourth-order valence-electron chi connectivity index (χ4n) is 1.98. The molecule has 0 amide bonds. The zero-order chi connectivity index (χ0) is 12.8. The highest BCUT2D eigenvalue weighted by molar-refractivity contribution is 5.91. The number of hydrogen-bond acceptors (Lipinski definition) is 6. The lowest BCUT2D eigenvalue weighted by molar-refractivity contribution is -0.240. The molecule has 2 aliphatic heterocycles. The van der Waals surface area contributed by atoms with Crippen LogP contribution in [0.25, 0.3) is 0 Å². The van der Waals surface area contributed by atoms with Crippen LogP contribution in [0.15, 0.2) is 11.8 Å². The summed E-state index contributed by atoms with van der Waals surface area (Å²) in [7, 11) is 1.26. The van der Waals surface area contributed by atoms with E-state index in [2.05, 4.69) is 4.74 Å². The summed E-state index contributed by atoms with van der Waals surface area (Å²) in [4.78, 5) is 28.7. The Balaban J connectivity index is 2.34. The van der Waals surface area contributed by atoms with Gasteiger partial charge in [-0.15, -0.1) is 5.06 Å². The van der Waals surface area contributed by atoms with Gasteiger partial charge in [-0.05, 0) is 20.8 Å². The predicted octanol–water partition coefficient (Wildman–Crippen LogP) is 0.383. The highest BCUT2D eigenvalue weighted by Gasteiger charge is 2.55. The summed E-state index contributed by atoms with van der Waals surface area (Å²) in [6.45, 7) is 5.29. The molecule has 94 valence electrons. The van der Waals surface area contributed by atoms with Crippen molar-refractivity contribution in [2.45, 2.75) is 38.5 Å². The second kappa shape index (κ2) is 3.73. The SMILES string of the molecule is COC(=O)C1=C[C@@]2(C)C(=O)O[C@@H](C)[C@H](C)N2O1. The Hall–Kier alpha value is -1.56. The van der Waals surface area contributed by atoms with E-state index in [1.54, 1.807) is 13.8 Å². The van der Waals surface area contributed by atoms with Crippen LogP contribution in [-0.2, 0) is 23.9 Å². The molecule has 2 heterocycles. The molecule has 6 nitrogen and oxygen atoms in total. The molecular weight excluding hydrogens is 226 g/mol. The molecule has 2 rings (SSSR count). The van der Waals surface area contributed by atoms with Gasteiger partial charge < -0.3 is 14.3 Å². The van der Waals surface area contributed by atoms with Gasteiger partial charge in [0.1, 0.15) is 6.10 Å². The molecule has 1 saturated heterocycles. The van der Waals surface area contributed by atoms with Crippen molar-refractivity contribution in [1.82, 2.24) is 5.06 Å². The number of hydroxylamine groups is 2. The van der Waals surface area contributed by atoms with Crippen LogP contribution in [-0.4, -0.2) is 41.8 Å². The highest BCUT2D eigenvalue weighted by Crippen LogP contribution is 2.37. The van der Waals surface area contributed by atoms with Gasteiger partial charge in [-0.25, -0.2) is 9.59 Å². The summed E-state index contributed by atoms with van der Waals surface area (Å²) >= 11 is 0. The number of ether oxygens (including phenoxy) is 2.